The summed E-state index contributed by atoms with van der Waals surface area (Å²) < 4.78 is 18.6. The molecule has 12 heteroatoms. The molecule has 2 amide bonds. The van der Waals surface area contributed by atoms with Crippen LogP contribution in [-0.4, -0.2) is 69.7 Å². The summed E-state index contributed by atoms with van der Waals surface area (Å²) in [6, 6.07) is 6.86. The average molecular weight is 499 g/mol. The quantitative estimate of drug-likeness (QED) is 0.194. The van der Waals surface area contributed by atoms with E-state index in [0.29, 0.717) is 44.2 Å². The molecule has 1 aliphatic rings. The van der Waals surface area contributed by atoms with Crippen molar-refractivity contribution in [1.82, 2.24) is 10.2 Å². The Morgan fingerprint density at radius 3 is 2.56 bits per heavy atom. The highest BCUT2D eigenvalue weighted by Crippen LogP contribution is 2.49. The molecule has 34 heavy (non-hydrogen) atoms. The van der Waals surface area contributed by atoms with Gasteiger partial charge in [-0.1, -0.05) is 36.8 Å². The molecule has 1 heterocycles. The van der Waals surface area contributed by atoms with Gasteiger partial charge in [0.25, 0.3) is 5.91 Å². The molecule has 2 rings (SSSR count). The maximum atomic E-state index is 13.3. The Morgan fingerprint density at radius 2 is 1.94 bits per heavy atom. The van der Waals surface area contributed by atoms with E-state index in [1.54, 1.807) is 30.3 Å². The van der Waals surface area contributed by atoms with Gasteiger partial charge >= 0.3 is 13.6 Å². The lowest BCUT2D eigenvalue weighted by Crippen LogP contribution is -2.48. The van der Waals surface area contributed by atoms with Crippen molar-refractivity contribution in [2.24, 2.45) is 11.5 Å². The molecule has 0 aromatic heterocycles. The number of hydrogen-bond donors (Lipinski definition) is 5. The minimum absolute atomic E-state index is 0.0295. The van der Waals surface area contributed by atoms with E-state index in [4.69, 9.17) is 16.0 Å². The van der Waals surface area contributed by atoms with E-state index >= 15 is 0 Å². The van der Waals surface area contributed by atoms with Crippen LogP contribution < -0.4 is 16.8 Å². The molecule has 1 aromatic rings. The zero-order valence-electron chi connectivity index (χ0n) is 19.3. The maximum Gasteiger partial charge on any atom is 0.351 e. The van der Waals surface area contributed by atoms with Crippen molar-refractivity contribution in [2.75, 3.05) is 13.1 Å². The zero-order chi connectivity index (χ0) is 25.3. The van der Waals surface area contributed by atoms with Gasteiger partial charge in [0.05, 0.1) is 6.04 Å². The number of rotatable bonds is 13. The number of unbranched alkanes of at least 4 members (excludes halogenated alkanes) is 1. The molecule has 0 aliphatic carbocycles. The molecule has 11 nitrogen and oxygen atoms in total. The second-order valence-electron chi connectivity index (χ2n) is 8.44. The Hall–Kier alpha value is -2.30. The van der Waals surface area contributed by atoms with Crippen LogP contribution in [0.1, 0.15) is 44.6 Å². The summed E-state index contributed by atoms with van der Waals surface area (Å²) in [6.45, 7) is 1.99. The smallest absolute Gasteiger partial charge is 0.351 e. The first-order valence-electron chi connectivity index (χ1n) is 11.4. The summed E-state index contributed by atoms with van der Waals surface area (Å²) in [5.41, 5.74) is 12.1. The first-order valence-corrected chi connectivity index (χ1v) is 13.1. The largest absolute Gasteiger partial charge is 0.480 e. The standard InChI is InChI=1S/C22H35N4O7P/c1-15(21(28)26-13-7-11-18(26)22(29)30)33-34(31,32)19(14-16-8-3-2-4-9-16)25-20(27)17(24)10-5-6-12-23/h2-4,8-9,15,17-19H,5-7,10-14,23-24H2,1H3,(H,25,27)(H,29,30)(H,31,32)/t15?,17-,18-,19-/m0/s1. The number of amides is 2. The van der Waals surface area contributed by atoms with Gasteiger partial charge in [0.2, 0.25) is 5.91 Å². The van der Waals surface area contributed by atoms with Gasteiger partial charge in [0, 0.05) is 13.0 Å². The minimum Gasteiger partial charge on any atom is -0.480 e. The van der Waals surface area contributed by atoms with E-state index in [2.05, 4.69) is 5.32 Å². The van der Waals surface area contributed by atoms with Gasteiger partial charge in [-0.15, -0.1) is 0 Å². The van der Waals surface area contributed by atoms with Crippen LogP contribution in [0, 0.1) is 0 Å². The van der Waals surface area contributed by atoms with Crippen molar-refractivity contribution < 1.29 is 33.5 Å². The lowest BCUT2D eigenvalue weighted by molar-refractivity contribution is -0.151. The molecular formula is C22H35N4O7P. The summed E-state index contributed by atoms with van der Waals surface area (Å²) in [7, 11) is -4.59. The van der Waals surface area contributed by atoms with Crippen molar-refractivity contribution in [2.45, 2.75) is 69.4 Å². The number of benzene rings is 1. The summed E-state index contributed by atoms with van der Waals surface area (Å²) in [5.74, 6) is -3.79. The average Bonchev–Trinajstić information content (AvgIpc) is 3.29. The van der Waals surface area contributed by atoms with Gasteiger partial charge in [0.1, 0.15) is 17.9 Å². The van der Waals surface area contributed by atoms with Crippen LogP contribution in [-0.2, 0) is 29.9 Å². The SMILES string of the molecule is CC(OP(=O)(O)[C@@H](Cc1ccccc1)NC(=O)[C@@H](N)CCCCN)C(=O)N1CCC[C@H]1C(=O)O. The van der Waals surface area contributed by atoms with Crippen LogP contribution >= 0.6 is 7.60 Å². The predicted molar refractivity (Wildman–Crippen MR) is 126 cm³/mol. The zero-order valence-corrected chi connectivity index (χ0v) is 20.2. The number of nitrogens with one attached hydrogen (secondary N) is 1. The minimum atomic E-state index is -4.59. The van der Waals surface area contributed by atoms with Crippen molar-refractivity contribution in [3.8, 4) is 0 Å². The summed E-state index contributed by atoms with van der Waals surface area (Å²) in [4.78, 5) is 48.8. The van der Waals surface area contributed by atoms with Gasteiger partial charge in [-0.25, -0.2) is 4.79 Å². The van der Waals surface area contributed by atoms with E-state index in [1.807, 2.05) is 0 Å². The molecule has 1 aliphatic heterocycles. The Morgan fingerprint density at radius 1 is 1.26 bits per heavy atom. The number of carboxylic acid groups (broad SMARTS) is 1. The number of carbonyl (C=O) groups is 3. The van der Waals surface area contributed by atoms with Crippen molar-refractivity contribution in [3.05, 3.63) is 35.9 Å². The number of nitrogens with two attached hydrogens (primary N) is 2. The number of aliphatic carboxylic acids is 1. The third kappa shape index (κ3) is 7.89. The third-order valence-corrected chi connectivity index (χ3v) is 7.48. The number of hydrogen-bond acceptors (Lipinski definition) is 7. The monoisotopic (exact) mass is 498 g/mol. The summed E-state index contributed by atoms with van der Waals surface area (Å²) in [6.07, 6.45) is 1.10. The second kappa shape index (κ2) is 13.0. The fourth-order valence-corrected chi connectivity index (χ4v) is 5.28. The first-order chi connectivity index (χ1) is 16.1. The van der Waals surface area contributed by atoms with Crippen LogP contribution in [0.2, 0.25) is 0 Å². The Balaban J connectivity index is 2.15. The molecule has 1 saturated heterocycles. The van der Waals surface area contributed by atoms with Gasteiger partial charge in [0.15, 0.2) is 0 Å². The number of nitrogens with zero attached hydrogens (tertiary/aromatic N) is 1. The highest BCUT2D eigenvalue weighted by molar-refractivity contribution is 7.53. The second-order valence-corrected chi connectivity index (χ2v) is 10.4. The normalized spacial score (nSPS) is 20.2. The Kier molecular flexibility index (Phi) is 10.7. The van der Waals surface area contributed by atoms with Crippen LogP contribution in [0.25, 0.3) is 0 Å². The van der Waals surface area contributed by atoms with Crippen molar-refractivity contribution >= 4 is 25.4 Å². The van der Waals surface area contributed by atoms with Gasteiger partial charge in [-0.2, -0.15) is 0 Å². The summed E-state index contributed by atoms with van der Waals surface area (Å²) in [5, 5.41) is 11.8. The number of likely N-dealkylation sites (tertiary alicyclic amines) is 1. The molecule has 5 atom stereocenters. The molecule has 0 bridgehead atoms. The molecule has 190 valence electrons. The van der Waals surface area contributed by atoms with E-state index in [9.17, 15) is 28.9 Å². The molecule has 2 unspecified atom stereocenters. The fourth-order valence-electron chi connectivity index (χ4n) is 3.86. The van der Waals surface area contributed by atoms with E-state index in [0.717, 1.165) is 4.90 Å². The first kappa shape index (κ1) is 27.9. The highest BCUT2D eigenvalue weighted by atomic mass is 31.2. The molecule has 0 spiro atoms. The van der Waals surface area contributed by atoms with Crippen LogP contribution in [0.4, 0.5) is 0 Å². The Bertz CT molecular complexity index is 885. The van der Waals surface area contributed by atoms with Crippen LogP contribution in [0.5, 0.6) is 0 Å². The molecule has 1 fully saturated rings. The van der Waals surface area contributed by atoms with E-state index in [-0.39, 0.29) is 13.0 Å². The third-order valence-electron chi connectivity index (χ3n) is 5.76. The van der Waals surface area contributed by atoms with Crippen molar-refractivity contribution in [3.63, 3.8) is 0 Å². The van der Waals surface area contributed by atoms with Gasteiger partial charge < -0.3 is 31.7 Å². The van der Waals surface area contributed by atoms with E-state index in [1.165, 1.54) is 6.92 Å². The molecule has 0 radical (unpaired) electrons. The fraction of sp³-hybridized carbons (Fsp3) is 0.591. The number of carbonyl (C=O) groups excluding carboxylic acids is 2. The summed E-state index contributed by atoms with van der Waals surface area (Å²) >= 11 is 0. The van der Waals surface area contributed by atoms with Crippen LogP contribution in [0.15, 0.2) is 30.3 Å². The predicted octanol–water partition coefficient (Wildman–Crippen LogP) is 0.794. The molecule has 0 saturated carbocycles. The van der Waals surface area contributed by atoms with Gasteiger partial charge in [-0.05, 0) is 44.7 Å². The molecular weight excluding hydrogens is 463 g/mol. The Labute approximate surface area is 199 Å². The highest BCUT2D eigenvalue weighted by Gasteiger charge is 2.41. The van der Waals surface area contributed by atoms with Crippen molar-refractivity contribution in [1.29, 1.82) is 0 Å². The molecule has 7 N–H and O–H groups in total. The van der Waals surface area contributed by atoms with Crippen LogP contribution in [0.3, 0.4) is 0 Å². The topological polar surface area (TPSA) is 185 Å². The van der Waals surface area contributed by atoms with Gasteiger partial charge in [-0.3, -0.25) is 18.7 Å². The van der Waals surface area contributed by atoms with E-state index < -0.39 is 49.4 Å². The lowest BCUT2D eigenvalue weighted by Gasteiger charge is -2.29. The number of carboxylic acids is 1. The lowest BCUT2D eigenvalue weighted by atomic mass is 10.1. The maximum absolute atomic E-state index is 13.3. The molecule has 1 aromatic carbocycles.